The minimum atomic E-state index is -0.439. The highest BCUT2D eigenvalue weighted by atomic mass is 32.2. The first-order valence-electron chi connectivity index (χ1n) is 6.11. The van der Waals surface area contributed by atoms with Crippen LogP contribution >= 0.6 is 11.8 Å². The molecule has 0 bridgehead atoms. The molecular formula is C12H24N2O2S. The van der Waals surface area contributed by atoms with Gasteiger partial charge in [-0.3, -0.25) is 0 Å². The highest BCUT2D eigenvalue weighted by molar-refractivity contribution is 8.00. The Balaban J connectivity index is 2.26. The van der Waals surface area contributed by atoms with Gasteiger partial charge in [0.15, 0.2) is 0 Å². The summed E-state index contributed by atoms with van der Waals surface area (Å²) in [4.78, 5) is 11.6. The lowest BCUT2D eigenvalue weighted by Crippen LogP contribution is -2.53. The third-order valence-corrected chi connectivity index (χ3v) is 3.91. The molecule has 0 aromatic rings. The Morgan fingerprint density at radius 3 is 2.29 bits per heavy atom. The predicted octanol–water partition coefficient (Wildman–Crippen LogP) is 1.99. The van der Waals surface area contributed by atoms with Gasteiger partial charge in [-0.15, -0.1) is 0 Å². The smallest absolute Gasteiger partial charge is 0.407 e. The average molecular weight is 260 g/mol. The second kappa shape index (κ2) is 5.96. The number of rotatable bonds is 4. The molecule has 0 radical (unpaired) electrons. The van der Waals surface area contributed by atoms with Crippen molar-refractivity contribution in [2.24, 2.45) is 0 Å². The van der Waals surface area contributed by atoms with E-state index in [1.807, 2.05) is 39.5 Å². The van der Waals surface area contributed by atoms with Crippen molar-refractivity contribution in [1.82, 2.24) is 10.6 Å². The Labute approximate surface area is 108 Å². The van der Waals surface area contributed by atoms with E-state index in [0.717, 1.165) is 0 Å². The molecule has 1 aliphatic heterocycles. The molecule has 5 heteroatoms. The van der Waals surface area contributed by atoms with Crippen molar-refractivity contribution in [3.63, 3.8) is 0 Å². The van der Waals surface area contributed by atoms with Crippen LogP contribution in [0.15, 0.2) is 0 Å². The maximum absolute atomic E-state index is 11.6. The summed E-state index contributed by atoms with van der Waals surface area (Å²) in [6.45, 7) is 9.68. The molecular weight excluding hydrogens is 236 g/mol. The van der Waals surface area contributed by atoms with Crippen LogP contribution < -0.4 is 10.6 Å². The summed E-state index contributed by atoms with van der Waals surface area (Å²) in [5, 5.41) is 6.35. The molecule has 17 heavy (non-hydrogen) atoms. The number of carbonyl (C=O) groups is 1. The van der Waals surface area contributed by atoms with Crippen molar-refractivity contribution >= 4 is 17.9 Å². The first-order valence-corrected chi connectivity index (χ1v) is 7.26. The molecule has 1 fully saturated rings. The van der Waals surface area contributed by atoms with Gasteiger partial charge in [0.1, 0.15) is 5.60 Å². The third kappa shape index (κ3) is 5.64. The molecule has 0 aliphatic carbocycles. The van der Waals surface area contributed by atoms with Crippen LogP contribution in [0.2, 0.25) is 0 Å². The molecule has 100 valence electrons. The highest BCUT2D eigenvalue weighted by Gasteiger charge is 2.24. The molecule has 1 heterocycles. The topological polar surface area (TPSA) is 50.4 Å². The van der Waals surface area contributed by atoms with Crippen LogP contribution in [-0.2, 0) is 4.74 Å². The summed E-state index contributed by atoms with van der Waals surface area (Å²) < 4.78 is 5.22. The van der Waals surface area contributed by atoms with Crippen LogP contribution in [0.5, 0.6) is 0 Å². The zero-order chi connectivity index (χ0) is 13.1. The fourth-order valence-electron chi connectivity index (χ4n) is 1.47. The van der Waals surface area contributed by atoms with Crippen molar-refractivity contribution in [2.75, 3.05) is 11.5 Å². The standard InChI is InChI=1S/C12H24N2O2S/c1-8(13-10-6-17-7-10)9(2)14-11(15)16-12(3,4)5/h8-10,13H,6-7H2,1-5H3,(H,14,15). The number of hydrogen-bond donors (Lipinski definition) is 2. The zero-order valence-corrected chi connectivity index (χ0v) is 12.2. The van der Waals surface area contributed by atoms with Gasteiger partial charge in [-0.05, 0) is 34.6 Å². The number of thioether (sulfide) groups is 1. The summed E-state index contributed by atoms with van der Waals surface area (Å²) in [7, 11) is 0. The molecule has 0 spiro atoms. The Hall–Kier alpha value is -0.420. The molecule has 1 saturated heterocycles. The summed E-state index contributed by atoms with van der Waals surface area (Å²) >= 11 is 1.95. The van der Waals surface area contributed by atoms with Crippen LogP contribution in [0.25, 0.3) is 0 Å². The summed E-state index contributed by atoms with van der Waals surface area (Å²) in [5.74, 6) is 2.34. The maximum Gasteiger partial charge on any atom is 0.407 e. The molecule has 2 N–H and O–H groups in total. The van der Waals surface area contributed by atoms with E-state index in [1.54, 1.807) is 0 Å². The van der Waals surface area contributed by atoms with Gasteiger partial charge in [0, 0.05) is 29.6 Å². The van der Waals surface area contributed by atoms with Crippen LogP contribution in [0.1, 0.15) is 34.6 Å². The van der Waals surface area contributed by atoms with Crippen molar-refractivity contribution in [1.29, 1.82) is 0 Å². The minimum Gasteiger partial charge on any atom is -0.444 e. The molecule has 2 unspecified atom stereocenters. The maximum atomic E-state index is 11.6. The quantitative estimate of drug-likeness (QED) is 0.811. The van der Waals surface area contributed by atoms with Gasteiger partial charge in [-0.1, -0.05) is 0 Å². The van der Waals surface area contributed by atoms with Crippen LogP contribution in [0.3, 0.4) is 0 Å². The lowest BCUT2D eigenvalue weighted by Gasteiger charge is -2.32. The Morgan fingerprint density at radius 2 is 1.88 bits per heavy atom. The van der Waals surface area contributed by atoms with Gasteiger partial charge in [0.2, 0.25) is 0 Å². The van der Waals surface area contributed by atoms with Crippen molar-refractivity contribution < 1.29 is 9.53 Å². The lowest BCUT2D eigenvalue weighted by molar-refractivity contribution is 0.0498. The second-order valence-corrected chi connectivity index (χ2v) is 6.70. The average Bonchev–Trinajstić information content (AvgIpc) is 2.07. The molecule has 0 aromatic carbocycles. The third-order valence-electron chi connectivity index (χ3n) is 2.63. The number of nitrogens with one attached hydrogen (secondary N) is 2. The monoisotopic (exact) mass is 260 g/mol. The Kier molecular flexibility index (Phi) is 5.13. The van der Waals surface area contributed by atoms with Crippen LogP contribution in [-0.4, -0.2) is 41.3 Å². The van der Waals surface area contributed by atoms with Gasteiger partial charge in [0.05, 0.1) is 0 Å². The van der Waals surface area contributed by atoms with Gasteiger partial charge >= 0.3 is 6.09 Å². The van der Waals surface area contributed by atoms with Crippen LogP contribution in [0.4, 0.5) is 4.79 Å². The molecule has 1 rings (SSSR count). The molecule has 1 aliphatic rings. The van der Waals surface area contributed by atoms with E-state index in [0.29, 0.717) is 6.04 Å². The molecule has 1 amide bonds. The fraction of sp³-hybridized carbons (Fsp3) is 0.917. The van der Waals surface area contributed by atoms with Crippen LogP contribution in [0, 0.1) is 0 Å². The van der Waals surface area contributed by atoms with Gasteiger partial charge in [-0.2, -0.15) is 11.8 Å². The summed E-state index contributed by atoms with van der Waals surface area (Å²) in [6, 6.07) is 0.918. The van der Waals surface area contributed by atoms with E-state index < -0.39 is 5.60 Å². The van der Waals surface area contributed by atoms with Gasteiger partial charge < -0.3 is 15.4 Å². The van der Waals surface area contributed by atoms with E-state index in [4.69, 9.17) is 4.74 Å². The van der Waals surface area contributed by atoms with E-state index in [9.17, 15) is 4.79 Å². The molecule has 4 nitrogen and oxygen atoms in total. The van der Waals surface area contributed by atoms with Gasteiger partial charge in [0.25, 0.3) is 0 Å². The molecule has 0 aromatic heterocycles. The van der Waals surface area contributed by atoms with E-state index >= 15 is 0 Å². The Bertz CT molecular complexity index is 262. The van der Waals surface area contributed by atoms with Crippen molar-refractivity contribution in [2.45, 2.75) is 58.3 Å². The number of carbonyl (C=O) groups excluding carboxylic acids is 1. The normalized spacial score (nSPS) is 20.3. The first kappa shape index (κ1) is 14.6. The summed E-state index contributed by atoms with van der Waals surface area (Å²) in [5.41, 5.74) is -0.439. The SMILES string of the molecule is CC(NC(=O)OC(C)(C)C)C(C)NC1CSC1. The van der Waals surface area contributed by atoms with Gasteiger partial charge in [-0.25, -0.2) is 4.79 Å². The number of amides is 1. The summed E-state index contributed by atoms with van der Waals surface area (Å²) in [6.07, 6.45) is -0.346. The largest absolute Gasteiger partial charge is 0.444 e. The number of ether oxygens (including phenoxy) is 1. The predicted molar refractivity (Wildman–Crippen MR) is 72.5 cm³/mol. The number of alkyl carbamates (subject to hydrolysis) is 1. The second-order valence-electron chi connectivity index (χ2n) is 5.62. The van der Waals surface area contributed by atoms with Crippen molar-refractivity contribution in [3.8, 4) is 0 Å². The van der Waals surface area contributed by atoms with E-state index in [2.05, 4.69) is 17.6 Å². The van der Waals surface area contributed by atoms with E-state index in [-0.39, 0.29) is 18.2 Å². The first-order chi connectivity index (χ1) is 7.78. The number of hydrogen-bond acceptors (Lipinski definition) is 4. The lowest BCUT2D eigenvalue weighted by atomic mass is 10.1. The van der Waals surface area contributed by atoms with E-state index in [1.165, 1.54) is 11.5 Å². The highest BCUT2D eigenvalue weighted by Crippen LogP contribution is 2.18. The Morgan fingerprint density at radius 1 is 1.29 bits per heavy atom. The zero-order valence-electron chi connectivity index (χ0n) is 11.4. The molecule has 2 atom stereocenters. The molecule has 0 saturated carbocycles. The van der Waals surface area contributed by atoms with Crippen molar-refractivity contribution in [3.05, 3.63) is 0 Å². The fourth-order valence-corrected chi connectivity index (χ4v) is 2.13. The minimum absolute atomic E-state index is 0.0652.